The summed E-state index contributed by atoms with van der Waals surface area (Å²) in [6.07, 6.45) is 2.18. The van der Waals surface area contributed by atoms with Crippen molar-refractivity contribution >= 4 is 11.9 Å². The molecule has 0 aromatic carbocycles. The number of hydrogen-bond acceptors (Lipinski definition) is 4. The summed E-state index contributed by atoms with van der Waals surface area (Å²) in [6, 6.07) is 3.50. The summed E-state index contributed by atoms with van der Waals surface area (Å²) < 4.78 is 5.21. The van der Waals surface area contributed by atoms with E-state index in [2.05, 4.69) is 0 Å². The van der Waals surface area contributed by atoms with Crippen LogP contribution in [0.15, 0.2) is 22.8 Å². The number of likely N-dealkylation sites (N-methyl/N-ethyl adjacent to an activating group) is 1. The summed E-state index contributed by atoms with van der Waals surface area (Å²) in [5.41, 5.74) is 0. The van der Waals surface area contributed by atoms with Crippen molar-refractivity contribution in [3.8, 4) is 0 Å². The first-order chi connectivity index (χ1) is 9.49. The van der Waals surface area contributed by atoms with Crippen LogP contribution in [0.4, 0.5) is 0 Å². The second-order valence-electron chi connectivity index (χ2n) is 5.27. The summed E-state index contributed by atoms with van der Waals surface area (Å²) in [5, 5.41) is 9.08. The minimum atomic E-state index is -0.781. The Kier molecular flexibility index (Phi) is 4.44. The summed E-state index contributed by atoms with van der Waals surface area (Å²) in [4.78, 5) is 26.7. The Labute approximate surface area is 118 Å². The van der Waals surface area contributed by atoms with Gasteiger partial charge in [0, 0.05) is 13.1 Å². The van der Waals surface area contributed by atoms with Crippen molar-refractivity contribution in [2.45, 2.75) is 25.9 Å². The molecule has 110 valence electrons. The van der Waals surface area contributed by atoms with Crippen molar-refractivity contribution < 1.29 is 19.1 Å². The van der Waals surface area contributed by atoms with Crippen LogP contribution in [-0.4, -0.2) is 53.0 Å². The highest BCUT2D eigenvalue weighted by Crippen LogP contribution is 2.24. The average Bonchev–Trinajstić information content (AvgIpc) is 3.00. The van der Waals surface area contributed by atoms with E-state index in [4.69, 9.17) is 9.52 Å². The van der Waals surface area contributed by atoms with E-state index < -0.39 is 5.97 Å². The van der Waals surface area contributed by atoms with Crippen LogP contribution in [0.2, 0.25) is 0 Å². The maximum absolute atomic E-state index is 12.1. The molecule has 2 heterocycles. The lowest BCUT2D eigenvalue weighted by atomic mass is 10.0. The van der Waals surface area contributed by atoms with Gasteiger partial charge in [0.25, 0.3) is 0 Å². The highest BCUT2D eigenvalue weighted by Gasteiger charge is 2.36. The molecular formula is C14H20N2O4. The lowest BCUT2D eigenvalue weighted by Gasteiger charge is -2.25. The Hall–Kier alpha value is -1.82. The van der Waals surface area contributed by atoms with Gasteiger partial charge in [0.2, 0.25) is 5.91 Å². The molecule has 2 atom stereocenters. The highest BCUT2D eigenvalue weighted by atomic mass is 16.4. The zero-order valence-electron chi connectivity index (χ0n) is 11.8. The molecule has 0 spiro atoms. The normalized spacial score (nSPS) is 22.9. The molecule has 1 aromatic heterocycles. The molecule has 0 aliphatic carbocycles. The van der Waals surface area contributed by atoms with E-state index in [-0.39, 0.29) is 24.4 Å². The molecule has 0 radical (unpaired) electrons. The van der Waals surface area contributed by atoms with E-state index in [0.717, 1.165) is 5.76 Å². The number of aliphatic carboxylic acids is 1. The molecule has 20 heavy (non-hydrogen) atoms. The second-order valence-corrected chi connectivity index (χ2v) is 5.27. The van der Waals surface area contributed by atoms with Gasteiger partial charge in [0.1, 0.15) is 5.76 Å². The fourth-order valence-electron chi connectivity index (χ4n) is 2.58. The first kappa shape index (κ1) is 14.6. The molecule has 1 aromatic rings. The Bertz CT molecular complexity index is 472. The van der Waals surface area contributed by atoms with Crippen molar-refractivity contribution in [3.05, 3.63) is 24.2 Å². The predicted octanol–water partition coefficient (Wildman–Crippen LogP) is 1.03. The number of hydrogen-bond donors (Lipinski definition) is 1. The number of carboxylic acids is 1. The molecular weight excluding hydrogens is 260 g/mol. The molecule has 6 heteroatoms. The van der Waals surface area contributed by atoms with Gasteiger partial charge in [-0.25, -0.2) is 0 Å². The maximum Gasteiger partial charge on any atom is 0.308 e. The third kappa shape index (κ3) is 3.19. The summed E-state index contributed by atoms with van der Waals surface area (Å²) >= 11 is 0. The zero-order valence-corrected chi connectivity index (χ0v) is 11.8. The lowest BCUT2D eigenvalue weighted by molar-refractivity contribution is -0.143. The van der Waals surface area contributed by atoms with Gasteiger partial charge in [0.05, 0.1) is 25.3 Å². The Morgan fingerprint density at radius 1 is 1.55 bits per heavy atom. The van der Waals surface area contributed by atoms with Crippen molar-refractivity contribution in [3.63, 3.8) is 0 Å². The lowest BCUT2D eigenvalue weighted by Crippen LogP contribution is -2.41. The number of nitrogens with zero attached hydrogens (tertiary/aromatic N) is 2. The Morgan fingerprint density at radius 2 is 2.30 bits per heavy atom. The Balaban J connectivity index is 1.87. The van der Waals surface area contributed by atoms with E-state index in [9.17, 15) is 9.59 Å². The van der Waals surface area contributed by atoms with Crippen LogP contribution in [0.5, 0.6) is 0 Å². The van der Waals surface area contributed by atoms with Gasteiger partial charge in [0.15, 0.2) is 0 Å². The van der Waals surface area contributed by atoms with Gasteiger partial charge < -0.3 is 14.4 Å². The van der Waals surface area contributed by atoms with E-state index in [1.54, 1.807) is 24.3 Å². The number of carbonyl (C=O) groups is 2. The summed E-state index contributed by atoms with van der Waals surface area (Å²) in [5.74, 6) is -0.451. The molecule has 0 saturated carbocycles. The van der Waals surface area contributed by atoms with Gasteiger partial charge in [-0.2, -0.15) is 0 Å². The fraction of sp³-hybridized carbons (Fsp3) is 0.571. The third-order valence-corrected chi connectivity index (χ3v) is 3.94. The third-order valence-electron chi connectivity index (χ3n) is 3.94. The average molecular weight is 280 g/mol. The smallest absolute Gasteiger partial charge is 0.308 e. The summed E-state index contributed by atoms with van der Waals surface area (Å²) in [7, 11) is 1.72. The van der Waals surface area contributed by atoms with Gasteiger partial charge in [-0.1, -0.05) is 0 Å². The molecule has 1 aliphatic heterocycles. The standard InChI is InChI=1S/C14H20N2O4/c1-10-12(14(18)19)5-6-16(10)9-13(17)15(2)8-11-4-3-7-20-11/h3-4,7,10,12H,5-6,8-9H2,1-2H3,(H,18,19). The largest absolute Gasteiger partial charge is 0.481 e. The highest BCUT2D eigenvalue weighted by molar-refractivity contribution is 5.78. The van der Waals surface area contributed by atoms with Crippen molar-refractivity contribution in [2.75, 3.05) is 20.1 Å². The number of rotatable bonds is 5. The molecule has 1 saturated heterocycles. The first-order valence-electron chi connectivity index (χ1n) is 6.72. The molecule has 1 aliphatic rings. The topological polar surface area (TPSA) is 74.0 Å². The second kappa shape index (κ2) is 6.09. The zero-order chi connectivity index (χ0) is 14.7. The van der Waals surface area contributed by atoms with Crippen LogP contribution < -0.4 is 0 Å². The van der Waals surface area contributed by atoms with Crippen LogP contribution in [0.1, 0.15) is 19.1 Å². The van der Waals surface area contributed by atoms with Crippen molar-refractivity contribution in [1.82, 2.24) is 9.80 Å². The SMILES string of the molecule is CC1C(C(=O)O)CCN1CC(=O)N(C)Cc1ccco1. The van der Waals surface area contributed by atoms with Gasteiger partial charge in [-0.15, -0.1) is 0 Å². The van der Waals surface area contributed by atoms with Crippen molar-refractivity contribution in [1.29, 1.82) is 0 Å². The predicted molar refractivity (Wildman–Crippen MR) is 72.0 cm³/mol. The maximum atomic E-state index is 12.1. The van der Waals surface area contributed by atoms with Gasteiger partial charge >= 0.3 is 5.97 Å². The fourth-order valence-corrected chi connectivity index (χ4v) is 2.58. The summed E-state index contributed by atoms with van der Waals surface area (Å²) in [6.45, 7) is 3.20. The molecule has 1 N–H and O–H groups in total. The van der Waals surface area contributed by atoms with E-state index in [1.807, 2.05) is 17.9 Å². The number of furan rings is 1. The Morgan fingerprint density at radius 3 is 2.85 bits per heavy atom. The van der Waals surface area contributed by atoms with Gasteiger partial charge in [-0.3, -0.25) is 14.5 Å². The molecule has 6 nitrogen and oxygen atoms in total. The first-order valence-corrected chi connectivity index (χ1v) is 6.72. The number of carboxylic acid groups (broad SMARTS) is 1. The van der Waals surface area contributed by atoms with E-state index >= 15 is 0 Å². The van der Waals surface area contributed by atoms with E-state index in [1.165, 1.54) is 0 Å². The van der Waals surface area contributed by atoms with Crippen LogP contribution in [0, 0.1) is 5.92 Å². The van der Waals surface area contributed by atoms with Crippen LogP contribution >= 0.6 is 0 Å². The molecule has 2 rings (SSSR count). The molecule has 0 bridgehead atoms. The number of amides is 1. The number of carbonyl (C=O) groups excluding carboxylic acids is 1. The molecule has 1 amide bonds. The van der Waals surface area contributed by atoms with Gasteiger partial charge in [-0.05, 0) is 32.0 Å². The van der Waals surface area contributed by atoms with Crippen LogP contribution in [-0.2, 0) is 16.1 Å². The molecule has 1 fully saturated rings. The minimum absolute atomic E-state index is 0.0284. The van der Waals surface area contributed by atoms with Crippen LogP contribution in [0.25, 0.3) is 0 Å². The van der Waals surface area contributed by atoms with Crippen molar-refractivity contribution in [2.24, 2.45) is 5.92 Å². The van der Waals surface area contributed by atoms with E-state index in [0.29, 0.717) is 19.5 Å². The minimum Gasteiger partial charge on any atom is -0.481 e. The quantitative estimate of drug-likeness (QED) is 0.872. The monoisotopic (exact) mass is 280 g/mol. The number of likely N-dealkylation sites (tertiary alicyclic amines) is 1. The molecule has 2 unspecified atom stereocenters. The van der Waals surface area contributed by atoms with Crippen LogP contribution in [0.3, 0.4) is 0 Å².